The summed E-state index contributed by atoms with van der Waals surface area (Å²) in [5.41, 5.74) is 3.11. The van der Waals surface area contributed by atoms with Crippen LogP contribution >= 0.6 is 11.3 Å². The molecule has 0 atom stereocenters. The van der Waals surface area contributed by atoms with Gasteiger partial charge in [0.15, 0.2) is 0 Å². The van der Waals surface area contributed by atoms with Crippen molar-refractivity contribution in [2.75, 3.05) is 13.1 Å². The topological polar surface area (TPSA) is 33.2 Å². The second-order valence-electron chi connectivity index (χ2n) is 5.80. The number of nitrogens with zero attached hydrogens (tertiary/aromatic N) is 2. The van der Waals surface area contributed by atoms with Crippen molar-refractivity contribution in [3.63, 3.8) is 0 Å². The molecule has 1 aromatic rings. The van der Waals surface area contributed by atoms with Crippen LogP contribution in [0.1, 0.15) is 53.9 Å². The average Bonchev–Trinajstić information content (AvgIpc) is 2.97. The van der Waals surface area contributed by atoms with Gasteiger partial charge in [0.05, 0.1) is 11.2 Å². The quantitative estimate of drug-likeness (QED) is 0.780. The molecule has 1 saturated heterocycles. The normalized spacial score (nSPS) is 22.6. The van der Waals surface area contributed by atoms with Gasteiger partial charge in [0.2, 0.25) is 0 Å². The highest BCUT2D eigenvalue weighted by atomic mass is 32.1. The van der Waals surface area contributed by atoms with Crippen molar-refractivity contribution in [2.45, 2.75) is 45.4 Å². The number of aromatic nitrogens is 1. The highest BCUT2D eigenvalue weighted by Crippen LogP contribution is 2.44. The molecular formula is C14H20N2OS. The summed E-state index contributed by atoms with van der Waals surface area (Å²) in [6.07, 6.45) is 7.92. The number of amides is 1. The van der Waals surface area contributed by atoms with Crippen molar-refractivity contribution < 1.29 is 4.79 Å². The molecule has 0 bridgehead atoms. The highest BCUT2D eigenvalue weighted by molar-refractivity contribution is 7.11. The maximum atomic E-state index is 12.5. The molecule has 98 valence electrons. The molecule has 3 rings (SSSR count). The van der Waals surface area contributed by atoms with Gasteiger partial charge in [0.1, 0.15) is 4.88 Å². The van der Waals surface area contributed by atoms with Gasteiger partial charge in [-0.15, -0.1) is 11.3 Å². The van der Waals surface area contributed by atoms with E-state index in [4.69, 9.17) is 0 Å². The minimum Gasteiger partial charge on any atom is -0.337 e. The first kappa shape index (κ1) is 12.2. The molecule has 1 aromatic heterocycles. The lowest BCUT2D eigenvalue weighted by molar-refractivity contribution is 0.0763. The molecule has 2 heterocycles. The lowest BCUT2D eigenvalue weighted by Crippen LogP contribution is -2.33. The van der Waals surface area contributed by atoms with Gasteiger partial charge in [-0.3, -0.25) is 4.79 Å². The molecule has 1 spiro atoms. The number of rotatable bonds is 1. The molecule has 1 saturated carbocycles. The van der Waals surface area contributed by atoms with E-state index in [1.54, 1.807) is 5.51 Å². The molecule has 4 heteroatoms. The van der Waals surface area contributed by atoms with E-state index < -0.39 is 0 Å². The summed E-state index contributed by atoms with van der Waals surface area (Å²) >= 11 is 1.48. The summed E-state index contributed by atoms with van der Waals surface area (Å²) < 4.78 is 0. The average molecular weight is 264 g/mol. The molecule has 18 heavy (non-hydrogen) atoms. The van der Waals surface area contributed by atoms with Crippen LogP contribution in [0.3, 0.4) is 0 Å². The van der Waals surface area contributed by atoms with Crippen LogP contribution < -0.4 is 0 Å². The van der Waals surface area contributed by atoms with Gasteiger partial charge in [-0.1, -0.05) is 19.3 Å². The van der Waals surface area contributed by atoms with E-state index in [1.807, 2.05) is 6.92 Å². The summed E-state index contributed by atoms with van der Waals surface area (Å²) in [4.78, 5) is 19.5. The van der Waals surface area contributed by atoms with Crippen LogP contribution in [0.25, 0.3) is 0 Å². The molecule has 2 aliphatic rings. The third kappa shape index (κ3) is 2.07. The van der Waals surface area contributed by atoms with Crippen molar-refractivity contribution in [1.29, 1.82) is 0 Å². The fraction of sp³-hybridized carbons (Fsp3) is 0.714. The standard InChI is InChI=1S/C14H20N2OS/c1-11-12(18-10-15-11)13(17)16-8-7-14(9-16)5-3-2-4-6-14/h10H,2-9H2,1H3. The lowest BCUT2D eigenvalue weighted by atomic mass is 9.73. The number of carbonyl (C=O) groups excluding carboxylic acids is 1. The van der Waals surface area contributed by atoms with E-state index in [-0.39, 0.29) is 5.91 Å². The maximum absolute atomic E-state index is 12.5. The summed E-state index contributed by atoms with van der Waals surface area (Å²) in [7, 11) is 0. The summed E-state index contributed by atoms with van der Waals surface area (Å²) in [5.74, 6) is 0.206. The number of carbonyl (C=O) groups is 1. The van der Waals surface area contributed by atoms with Crippen LogP contribution in [0.5, 0.6) is 0 Å². The Morgan fingerprint density at radius 1 is 1.33 bits per heavy atom. The Morgan fingerprint density at radius 3 is 2.78 bits per heavy atom. The number of thiazole rings is 1. The Hall–Kier alpha value is -0.900. The fourth-order valence-corrected chi connectivity index (χ4v) is 4.24. The molecule has 2 fully saturated rings. The molecule has 0 N–H and O–H groups in total. The van der Waals surface area contributed by atoms with Crippen molar-refractivity contribution in [3.05, 3.63) is 16.1 Å². The summed E-state index contributed by atoms with van der Waals surface area (Å²) in [6.45, 7) is 3.84. The number of aryl methyl sites for hydroxylation is 1. The summed E-state index contributed by atoms with van der Waals surface area (Å²) in [6, 6.07) is 0. The van der Waals surface area contributed by atoms with E-state index in [1.165, 1.54) is 49.9 Å². The van der Waals surface area contributed by atoms with E-state index in [0.717, 1.165) is 23.7 Å². The Bertz CT molecular complexity index is 448. The van der Waals surface area contributed by atoms with Gasteiger partial charge >= 0.3 is 0 Å². The zero-order chi connectivity index (χ0) is 12.6. The molecule has 0 unspecified atom stereocenters. The van der Waals surface area contributed by atoms with Crippen LogP contribution in [-0.2, 0) is 0 Å². The second-order valence-corrected chi connectivity index (χ2v) is 6.66. The first-order valence-electron chi connectivity index (χ1n) is 6.90. The van der Waals surface area contributed by atoms with Gasteiger partial charge in [-0.05, 0) is 31.6 Å². The van der Waals surface area contributed by atoms with Crippen LogP contribution in [-0.4, -0.2) is 28.9 Å². The molecular weight excluding hydrogens is 244 g/mol. The maximum Gasteiger partial charge on any atom is 0.265 e. The SMILES string of the molecule is Cc1ncsc1C(=O)N1CCC2(CCCCC2)C1. The molecule has 3 nitrogen and oxygen atoms in total. The highest BCUT2D eigenvalue weighted by Gasteiger charge is 2.40. The zero-order valence-electron chi connectivity index (χ0n) is 10.9. The Morgan fingerprint density at radius 2 is 2.11 bits per heavy atom. The van der Waals surface area contributed by atoms with Crippen LogP contribution in [0.2, 0.25) is 0 Å². The number of hydrogen-bond acceptors (Lipinski definition) is 3. The number of hydrogen-bond donors (Lipinski definition) is 0. The molecule has 1 aliphatic carbocycles. The largest absolute Gasteiger partial charge is 0.337 e. The minimum atomic E-state index is 0.206. The van der Waals surface area contributed by atoms with Gasteiger partial charge < -0.3 is 4.90 Å². The van der Waals surface area contributed by atoms with E-state index in [9.17, 15) is 4.79 Å². The third-order valence-corrected chi connectivity index (χ3v) is 5.50. The molecule has 0 radical (unpaired) electrons. The predicted octanol–water partition coefficient (Wildman–Crippen LogP) is 3.25. The monoisotopic (exact) mass is 264 g/mol. The second kappa shape index (κ2) is 4.65. The molecule has 1 amide bonds. The number of likely N-dealkylation sites (tertiary alicyclic amines) is 1. The van der Waals surface area contributed by atoms with Crippen molar-refractivity contribution >= 4 is 17.2 Å². The summed E-state index contributed by atoms with van der Waals surface area (Å²) in [5, 5.41) is 0. The Balaban J connectivity index is 1.72. The third-order valence-electron chi connectivity index (χ3n) is 4.58. The Labute approximate surface area is 112 Å². The Kier molecular flexibility index (Phi) is 3.14. The van der Waals surface area contributed by atoms with Gasteiger partial charge in [0, 0.05) is 13.1 Å². The van der Waals surface area contributed by atoms with Gasteiger partial charge in [-0.25, -0.2) is 4.98 Å². The first-order valence-corrected chi connectivity index (χ1v) is 7.78. The first-order chi connectivity index (χ1) is 8.70. The van der Waals surface area contributed by atoms with Crippen molar-refractivity contribution in [3.8, 4) is 0 Å². The smallest absolute Gasteiger partial charge is 0.265 e. The zero-order valence-corrected chi connectivity index (χ0v) is 11.8. The minimum absolute atomic E-state index is 0.206. The molecule has 1 aliphatic heterocycles. The van der Waals surface area contributed by atoms with Gasteiger partial charge in [-0.2, -0.15) is 0 Å². The van der Waals surface area contributed by atoms with E-state index in [0.29, 0.717) is 5.41 Å². The van der Waals surface area contributed by atoms with Crippen LogP contribution in [0, 0.1) is 12.3 Å². The molecule has 0 aromatic carbocycles. The predicted molar refractivity (Wildman–Crippen MR) is 72.9 cm³/mol. The van der Waals surface area contributed by atoms with Crippen molar-refractivity contribution in [1.82, 2.24) is 9.88 Å². The lowest BCUT2D eigenvalue weighted by Gasteiger charge is -2.33. The van der Waals surface area contributed by atoms with Crippen molar-refractivity contribution in [2.24, 2.45) is 5.41 Å². The van der Waals surface area contributed by atoms with Crippen LogP contribution in [0.4, 0.5) is 0 Å². The van der Waals surface area contributed by atoms with Crippen LogP contribution in [0.15, 0.2) is 5.51 Å². The fourth-order valence-electron chi connectivity index (χ4n) is 3.47. The van der Waals surface area contributed by atoms with E-state index >= 15 is 0 Å². The van der Waals surface area contributed by atoms with E-state index in [2.05, 4.69) is 9.88 Å². The van der Waals surface area contributed by atoms with Gasteiger partial charge in [0.25, 0.3) is 5.91 Å².